The molecule has 7 N–H and O–H groups in total. The molecule has 2 aliphatic rings. The molecule has 0 spiro atoms. The smallest absolute Gasteiger partial charge is 0.404 e. The lowest BCUT2D eigenvalue weighted by Gasteiger charge is -2.49. The van der Waals surface area contributed by atoms with Crippen LogP contribution in [-0.4, -0.2) is 76.8 Å². The molecule has 0 radical (unpaired) electrons. The number of β-lactam (4-membered cyclic amide) rings is 1. The van der Waals surface area contributed by atoms with Crippen molar-refractivity contribution in [1.82, 2.24) is 26.2 Å². The van der Waals surface area contributed by atoms with E-state index < -0.39 is 60.0 Å². The number of amides is 7. The number of carboxylic acid groups (broad SMARTS) is 1. The van der Waals surface area contributed by atoms with Crippen LogP contribution < -0.4 is 27.0 Å². The summed E-state index contributed by atoms with van der Waals surface area (Å²) in [6, 6.07) is -1.44. The SMILES string of the molecule is CNC(=O)NC(=O)NC(C(=O)NC1C(=O)N2C(C(=O)O)=C(COC(N)=O)CS[C@@H]12)c1ccco1. The van der Waals surface area contributed by atoms with Gasteiger partial charge in [-0.1, -0.05) is 0 Å². The summed E-state index contributed by atoms with van der Waals surface area (Å²) in [5.41, 5.74) is 4.74. The third-order valence-corrected chi connectivity index (χ3v) is 6.10. The van der Waals surface area contributed by atoms with Crippen molar-refractivity contribution in [1.29, 1.82) is 0 Å². The lowest BCUT2D eigenvalue weighted by atomic mass is 10.0. The van der Waals surface area contributed by atoms with E-state index in [1.807, 2.05) is 5.32 Å². The molecule has 0 aromatic carbocycles. The number of urea groups is 2. The Labute approximate surface area is 195 Å². The monoisotopic (exact) mass is 496 g/mol. The molecule has 3 rings (SSSR count). The molecular weight excluding hydrogens is 476 g/mol. The molecule has 7 amide bonds. The van der Waals surface area contributed by atoms with Gasteiger partial charge in [-0.15, -0.1) is 11.8 Å². The number of furan rings is 1. The van der Waals surface area contributed by atoms with Gasteiger partial charge in [0.05, 0.1) is 6.26 Å². The molecule has 15 nitrogen and oxygen atoms in total. The highest BCUT2D eigenvalue weighted by molar-refractivity contribution is 8.00. The molecule has 1 aromatic heterocycles. The summed E-state index contributed by atoms with van der Waals surface area (Å²) < 4.78 is 9.84. The Bertz CT molecular complexity index is 1060. The maximum Gasteiger partial charge on any atom is 0.404 e. The first-order chi connectivity index (χ1) is 16.1. The summed E-state index contributed by atoms with van der Waals surface area (Å²) in [7, 11) is 1.29. The quantitative estimate of drug-likeness (QED) is 0.247. The number of aliphatic carboxylic acids is 1. The number of carbonyl (C=O) groups is 6. The van der Waals surface area contributed by atoms with Crippen molar-refractivity contribution in [3.63, 3.8) is 0 Å². The minimum Gasteiger partial charge on any atom is -0.477 e. The summed E-state index contributed by atoms with van der Waals surface area (Å²) in [4.78, 5) is 72.6. The van der Waals surface area contributed by atoms with E-state index in [1.165, 1.54) is 25.4 Å². The highest BCUT2D eigenvalue weighted by Gasteiger charge is 2.54. The summed E-state index contributed by atoms with van der Waals surface area (Å²) in [6.45, 7) is -0.400. The number of nitrogens with zero attached hydrogens (tertiary/aromatic N) is 1. The minimum absolute atomic E-state index is 0.0292. The van der Waals surface area contributed by atoms with Crippen molar-refractivity contribution in [3.05, 3.63) is 35.4 Å². The zero-order valence-corrected chi connectivity index (χ0v) is 18.3. The molecule has 0 aliphatic carbocycles. The van der Waals surface area contributed by atoms with Crippen molar-refractivity contribution < 1.29 is 43.0 Å². The van der Waals surface area contributed by atoms with Gasteiger partial charge in [0.2, 0.25) is 0 Å². The number of nitrogens with two attached hydrogens (primary N) is 1. The maximum absolute atomic E-state index is 12.9. The van der Waals surface area contributed by atoms with E-state index in [4.69, 9.17) is 10.2 Å². The van der Waals surface area contributed by atoms with E-state index in [0.717, 1.165) is 16.7 Å². The van der Waals surface area contributed by atoms with Crippen LogP contribution in [0, 0.1) is 0 Å². The van der Waals surface area contributed by atoms with E-state index in [1.54, 1.807) is 0 Å². The van der Waals surface area contributed by atoms with Gasteiger partial charge < -0.3 is 35.9 Å². The van der Waals surface area contributed by atoms with Crippen LogP contribution in [0.4, 0.5) is 14.4 Å². The highest BCUT2D eigenvalue weighted by atomic mass is 32.2. The third-order valence-electron chi connectivity index (χ3n) is 4.76. The van der Waals surface area contributed by atoms with Gasteiger partial charge in [0.1, 0.15) is 29.5 Å². The first-order valence-corrected chi connectivity index (χ1v) is 10.6. The second-order valence-electron chi connectivity index (χ2n) is 6.89. The molecule has 1 saturated heterocycles. The summed E-state index contributed by atoms with van der Waals surface area (Å²) in [5, 5.41) is 17.7. The van der Waals surface area contributed by atoms with E-state index in [9.17, 15) is 33.9 Å². The van der Waals surface area contributed by atoms with Gasteiger partial charge in [-0.05, 0) is 12.1 Å². The molecule has 0 saturated carbocycles. The number of hydrogen-bond donors (Lipinski definition) is 6. The molecule has 1 fully saturated rings. The Kier molecular flexibility index (Phi) is 7.30. The molecule has 3 atom stereocenters. The van der Waals surface area contributed by atoms with E-state index >= 15 is 0 Å². The second kappa shape index (κ2) is 10.2. The predicted molar refractivity (Wildman–Crippen MR) is 113 cm³/mol. The molecule has 34 heavy (non-hydrogen) atoms. The van der Waals surface area contributed by atoms with Crippen LogP contribution in [0.1, 0.15) is 11.8 Å². The Morgan fingerprint density at radius 1 is 1.32 bits per heavy atom. The van der Waals surface area contributed by atoms with Gasteiger partial charge in [-0.2, -0.15) is 0 Å². The number of imide groups is 1. The zero-order chi connectivity index (χ0) is 25.0. The third kappa shape index (κ3) is 5.06. The van der Waals surface area contributed by atoms with Crippen LogP contribution >= 0.6 is 11.8 Å². The number of fused-ring (bicyclic) bond motifs is 1. The maximum atomic E-state index is 12.9. The number of carboxylic acids is 1. The number of ether oxygens (including phenoxy) is 1. The van der Waals surface area contributed by atoms with Crippen LogP contribution in [-0.2, 0) is 19.1 Å². The number of primary amides is 1. The average molecular weight is 496 g/mol. The fourth-order valence-electron chi connectivity index (χ4n) is 3.24. The lowest BCUT2D eigenvalue weighted by molar-refractivity contribution is -0.151. The van der Waals surface area contributed by atoms with Crippen molar-refractivity contribution >= 4 is 47.7 Å². The Balaban J connectivity index is 1.74. The van der Waals surface area contributed by atoms with Crippen molar-refractivity contribution in [2.24, 2.45) is 5.73 Å². The van der Waals surface area contributed by atoms with Crippen LogP contribution in [0.5, 0.6) is 0 Å². The van der Waals surface area contributed by atoms with Crippen LogP contribution in [0.2, 0.25) is 0 Å². The van der Waals surface area contributed by atoms with Gasteiger partial charge in [0.25, 0.3) is 11.8 Å². The van der Waals surface area contributed by atoms with E-state index in [0.29, 0.717) is 0 Å². The number of rotatable bonds is 7. The molecule has 182 valence electrons. The van der Waals surface area contributed by atoms with Gasteiger partial charge in [-0.3, -0.25) is 19.8 Å². The van der Waals surface area contributed by atoms with E-state index in [-0.39, 0.29) is 22.8 Å². The van der Waals surface area contributed by atoms with Gasteiger partial charge >= 0.3 is 24.1 Å². The minimum atomic E-state index is -1.41. The average Bonchev–Trinajstić information content (AvgIpc) is 3.32. The number of thioether (sulfide) groups is 1. The molecule has 1 aromatic rings. The normalized spacial score (nSPS) is 19.8. The highest BCUT2D eigenvalue weighted by Crippen LogP contribution is 2.40. The summed E-state index contributed by atoms with van der Waals surface area (Å²) in [6.07, 6.45) is 0.169. The van der Waals surface area contributed by atoms with Gasteiger partial charge in [0, 0.05) is 18.4 Å². The summed E-state index contributed by atoms with van der Waals surface area (Å²) in [5.74, 6) is -2.82. The largest absolute Gasteiger partial charge is 0.477 e. The standard InChI is InChI=1S/C18H20N6O9S/c1-20-17(30)23-18(31)22-9(8-3-2-4-32-8)12(25)21-10-13(26)24-11(15(27)28)7(5-33-16(19)29)6-34-14(10)24/h2-4,9-10,14H,5-6H2,1H3,(H2,19,29)(H,21,25)(H,27,28)(H3,20,22,23,30,31)/t9?,10?,14-/m0/s1. The van der Waals surface area contributed by atoms with Crippen LogP contribution in [0.3, 0.4) is 0 Å². The number of nitrogens with one attached hydrogen (secondary N) is 4. The van der Waals surface area contributed by atoms with Crippen LogP contribution in [0.15, 0.2) is 34.1 Å². The lowest BCUT2D eigenvalue weighted by Crippen LogP contribution is -2.71. The second-order valence-corrected chi connectivity index (χ2v) is 7.99. The predicted octanol–water partition coefficient (Wildman–Crippen LogP) is -1.21. The fourth-order valence-corrected chi connectivity index (χ4v) is 4.57. The van der Waals surface area contributed by atoms with Crippen LogP contribution in [0.25, 0.3) is 0 Å². The first-order valence-electron chi connectivity index (χ1n) is 9.59. The molecule has 3 heterocycles. The van der Waals surface area contributed by atoms with Crippen molar-refractivity contribution in [2.75, 3.05) is 19.4 Å². The van der Waals surface area contributed by atoms with Crippen molar-refractivity contribution in [2.45, 2.75) is 17.5 Å². The molecule has 2 unspecified atom stereocenters. The first kappa shape index (κ1) is 24.4. The Morgan fingerprint density at radius 2 is 2.06 bits per heavy atom. The fraction of sp³-hybridized carbons (Fsp3) is 0.333. The molecular formula is C18H20N6O9S. The topological polar surface area (TPSA) is 222 Å². The zero-order valence-electron chi connectivity index (χ0n) is 17.5. The summed E-state index contributed by atoms with van der Waals surface area (Å²) >= 11 is 1.14. The number of carbonyl (C=O) groups excluding carboxylic acids is 5. The Hall–Kier alpha value is -4.21. The van der Waals surface area contributed by atoms with Gasteiger partial charge in [0.15, 0.2) is 6.04 Å². The van der Waals surface area contributed by atoms with E-state index in [2.05, 4.69) is 20.7 Å². The van der Waals surface area contributed by atoms with Gasteiger partial charge in [-0.25, -0.2) is 19.2 Å². The molecule has 2 aliphatic heterocycles. The van der Waals surface area contributed by atoms with Crippen molar-refractivity contribution in [3.8, 4) is 0 Å². The molecule has 0 bridgehead atoms. The Morgan fingerprint density at radius 3 is 2.65 bits per heavy atom. The molecule has 16 heteroatoms. The number of hydrogen-bond acceptors (Lipinski definition) is 9.